The summed E-state index contributed by atoms with van der Waals surface area (Å²) in [6.07, 6.45) is 5.41. The van der Waals surface area contributed by atoms with E-state index in [0.29, 0.717) is 0 Å². The molecule has 1 aromatic rings. The Hall–Kier alpha value is -0.260. The summed E-state index contributed by atoms with van der Waals surface area (Å²) in [7, 11) is 0. The summed E-state index contributed by atoms with van der Waals surface area (Å²) < 4.78 is 0. The van der Waals surface area contributed by atoms with Crippen LogP contribution in [-0.4, -0.2) is 33.4 Å². The summed E-state index contributed by atoms with van der Waals surface area (Å²) in [5.41, 5.74) is 0.613. The fraction of sp³-hybridized carbons (Fsp3) is 0.583. The minimum atomic E-state index is -0.556. The first-order valence-electron chi connectivity index (χ1n) is 5.65. The van der Waals surface area contributed by atoms with Crippen molar-refractivity contribution < 1.29 is 5.11 Å². The van der Waals surface area contributed by atoms with Crippen molar-refractivity contribution in [2.45, 2.75) is 35.3 Å². The van der Waals surface area contributed by atoms with E-state index in [4.69, 9.17) is 0 Å². The lowest BCUT2D eigenvalue weighted by Gasteiger charge is -2.41. The van der Waals surface area contributed by atoms with Crippen molar-refractivity contribution >= 4 is 33.4 Å². The maximum absolute atomic E-state index is 10.0. The summed E-state index contributed by atoms with van der Waals surface area (Å²) in [6.45, 7) is 2.76. The first-order chi connectivity index (χ1) is 8.02. The van der Waals surface area contributed by atoms with Crippen LogP contribution in [0.2, 0.25) is 0 Å². The van der Waals surface area contributed by atoms with Gasteiger partial charge in [-0.3, -0.25) is 0 Å². The van der Waals surface area contributed by atoms with E-state index < -0.39 is 5.60 Å². The Balaban J connectivity index is 2.17. The highest BCUT2D eigenvalue weighted by Gasteiger charge is 2.33. The largest absolute Gasteiger partial charge is 0.390 e. The van der Waals surface area contributed by atoms with Crippen LogP contribution in [0, 0.1) is 0 Å². The van der Waals surface area contributed by atoms with Gasteiger partial charge in [0.1, 0.15) is 0 Å². The third-order valence-electron chi connectivity index (χ3n) is 3.10. The monoisotopic (exact) mass is 316 g/mol. The fourth-order valence-corrected chi connectivity index (χ4v) is 3.60. The smallest absolute Gasteiger partial charge is 0.0977 e. The van der Waals surface area contributed by atoms with Gasteiger partial charge in [-0.05, 0) is 31.7 Å². The minimum absolute atomic E-state index is 0.184. The van der Waals surface area contributed by atoms with Gasteiger partial charge in [0.15, 0.2) is 0 Å². The normalized spacial score (nSPS) is 29.4. The molecule has 1 fully saturated rings. The Morgan fingerprint density at radius 3 is 3.06 bits per heavy atom. The summed E-state index contributed by atoms with van der Waals surface area (Å²) in [5.74, 6) is 0. The molecule has 1 N–H and O–H groups in total. The Kier molecular flexibility index (Phi) is 4.00. The van der Waals surface area contributed by atoms with E-state index in [1.54, 1.807) is 11.8 Å². The van der Waals surface area contributed by atoms with E-state index in [9.17, 15) is 5.11 Å². The second-order valence-electron chi connectivity index (χ2n) is 4.64. The quantitative estimate of drug-likeness (QED) is 0.517. The van der Waals surface area contributed by atoms with Gasteiger partial charge in [0.25, 0.3) is 0 Å². The van der Waals surface area contributed by atoms with Crippen molar-refractivity contribution in [1.82, 2.24) is 4.98 Å². The minimum Gasteiger partial charge on any atom is -0.390 e. The lowest BCUT2D eigenvalue weighted by molar-refractivity contribution is 0.0322. The lowest BCUT2D eigenvalue weighted by atomic mass is 9.93. The number of rotatable bonds is 2. The number of piperidine rings is 1. The number of alkyl halides is 1. The van der Waals surface area contributed by atoms with Crippen molar-refractivity contribution in [3.63, 3.8) is 0 Å². The molecule has 2 rings (SSSR count). The molecule has 2 atom stereocenters. The van der Waals surface area contributed by atoms with Gasteiger partial charge in [-0.15, -0.1) is 11.8 Å². The lowest BCUT2D eigenvalue weighted by Crippen LogP contribution is -2.46. The zero-order valence-electron chi connectivity index (χ0n) is 10.1. The van der Waals surface area contributed by atoms with Crippen LogP contribution in [0.25, 0.3) is 0 Å². The average Bonchev–Trinajstić information content (AvgIpc) is 2.28. The Labute approximate surface area is 115 Å². The zero-order valence-corrected chi connectivity index (χ0v) is 12.5. The molecule has 0 aliphatic carbocycles. The molecular formula is C12H17BrN2OS. The molecule has 0 amide bonds. The topological polar surface area (TPSA) is 36.4 Å². The Morgan fingerprint density at radius 2 is 2.41 bits per heavy atom. The number of pyridine rings is 1. The highest BCUT2D eigenvalue weighted by molar-refractivity contribution is 9.09. The van der Waals surface area contributed by atoms with Gasteiger partial charge in [-0.1, -0.05) is 15.9 Å². The number of thioether (sulfide) groups is 1. The van der Waals surface area contributed by atoms with Crippen LogP contribution in [0.15, 0.2) is 23.4 Å². The molecule has 0 aromatic carbocycles. The molecule has 0 spiro atoms. The zero-order chi connectivity index (χ0) is 12.5. The molecular weight excluding hydrogens is 300 g/mol. The van der Waals surface area contributed by atoms with Crippen molar-refractivity contribution in [3.05, 3.63) is 18.3 Å². The Bertz CT molecular complexity index is 400. The second-order valence-corrected chi connectivity index (χ2v) is 6.52. The first kappa shape index (κ1) is 13.2. The third kappa shape index (κ3) is 3.14. The van der Waals surface area contributed by atoms with Gasteiger partial charge in [0.05, 0.1) is 15.6 Å². The molecule has 1 aromatic heterocycles. The van der Waals surface area contributed by atoms with Gasteiger partial charge in [0, 0.05) is 24.8 Å². The number of halogens is 1. The highest BCUT2D eigenvalue weighted by atomic mass is 79.9. The third-order valence-corrected chi connectivity index (χ3v) is 4.56. The maximum atomic E-state index is 10.0. The predicted octanol–water partition coefficient (Wildman–Crippen LogP) is 2.88. The van der Waals surface area contributed by atoms with Gasteiger partial charge in [-0.2, -0.15) is 0 Å². The summed E-state index contributed by atoms with van der Waals surface area (Å²) in [5, 5.41) is 11.1. The molecule has 5 heteroatoms. The number of anilines is 1. The van der Waals surface area contributed by atoms with Gasteiger partial charge in [-0.25, -0.2) is 4.98 Å². The molecule has 94 valence electrons. The average molecular weight is 317 g/mol. The van der Waals surface area contributed by atoms with E-state index >= 15 is 0 Å². The molecule has 3 nitrogen and oxygen atoms in total. The van der Waals surface area contributed by atoms with Crippen LogP contribution in [0.4, 0.5) is 5.69 Å². The molecule has 1 aliphatic heterocycles. The van der Waals surface area contributed by atoms with Crippen LogP contribution >= 0.6 is 27.7 Å². The summed E-state index contributed by atoms with van der Waals surface area (Å²) in [6, 6.07) is 4.12. The van der Waals surface area contributed by atoms with E-state index in [-0.39, 0.29) is 4.95 Å². The van der Waals surface area contributed by atoms with Crippen LogP contribution in [0.3, 0.4) is 0 Å². The van der Waals surface area contributed by atoms with Crippen molar-refractivity contribution in [2.75, 3.05) is 17.7 Å². The van der Waals surface area contributed by atoms with Crippen LogP contribution < -0.4 is 4.90 Å². The predicted molar refractivity (Wildman–Crippen MR) is 75.9 cm³/mol. The molecule has 2 unspecified atom stereocenters. The number of aliphatic hydroxyl groups is 1. The molecule has 1 aliphatic rings. The summed E-state index contributed by atoms with van der Waals surface area (Å²) >= 11 is 5.30. The van der Waals surface area contributed by atoms with Crippen molar-refractivity contribution in [2.24, 2.45) is 0 Å². The van der Waals surface area contributed by atoms with Crippen LogP contribution in [-0.2, 0) is 0 Å². The second kappa shape index (κ2) is 5.16. The van der Waals surface area contributed by atoms with E-state index in [2.05, 4.69) is 31.9 Å². The SMILES string of the molecule is CSc1cc(N2CCC(C)(O)CC2Br)ccn1. The molecule has 0 radical (unpaired) electrons. The maximum Gasteiger partial charge on any atom is 0.0977 e. The molecule has 2 heterocycles. The van der Waals surface area contributed by atoms with E-state index in [0.717, 1.165) is 24.4 Å². The van der Waals surface area contributed by atoms with Crippen LogP contribution in [0.1, 0.15) is 19.8 Å². The summed E-state index contributed by atoms with van der Waals surface area (Å²) in [4.78, 5) is 6.74. The molecule has 1 saturated heterocycles. The van der Waals surface area contributed by atoms with E-state index in [1.165, 1.54) is 5.69 Å². The number of hydrogen-bond donors (Lipinski definition) is 1. The van der Waals surface area contributed by atoms with Gasteiger partial charge >= 0.3 is 0 Å². The molecule has 0 bridgehead atoms. The number of hydrogen-bond acceptors (Lipinski definition) is 4. The fourth-order valence-electron chi connectivity index (χ4n) is 2.06. The van der Waals surface area contributed by atoms with Crippen LogP contribution in [0.5, 0.6) is 0 Å². The standard InChI is InChI=1S/C12H17BrN2OS/c1-12(16)4-6-15(10(13)8-12)9-3-5-14-11(7-9)17-2/h3,5,7,10,16H,4,6,8H2,1-2H3. The Morgan fingerprint density at radius 1 is 1.65 bits per heavy atom. The van der Waals surface area contributed by atoms with Gasteiger partial charge < -0.3 is 10.0 Å². The number of nitrogens with zero attached hydrogens (tertiary/aromatic N) is 2. The molecule has 0 saturated carbocycles. The van der Waals surface area contributed by atoms with Crippen molar-refractivity contribution in [3.8, 4) is 0 Å². The first-order valence-corrected chi connectivity index (χ1v) is 7.79. The number of aromatic nitrogens is 1. The highest BCUT2D eigenvalue weighted by Crippen LogP contribution is 2.33. The van der Waals surface area contributed by atoms with Gasteiger partial charge in [0.2, 0.25) is 0 Å². The molecule has 17 heavy (non-hydrogen) atoms. The van der Waals surface area contributed by atoms with E-state index in [1.807, 2.05) is 25.4 Å². The van der Waals surface area contributed by atoms with Crippen molar-refractivity contribution in [1.29, 1.82) is 0 Å².